The first-order chi connectivity index (χ1) is 15.1. The Kier molecular flexibility index (Phi) is 7.76. The molecular weight excluding hydrogens is 396 g/mol. The number of ether oxygens (including phenoxy) is 3. The third-order valence-electron chi connectivity index (χ3n) is 5.52. The van der Waals surface area contributed by atoms with Gasteiger partial charge in [0.1, 0.15) is 0 Å². The molecule has 2 aromatic rings. The van der Waals surface area contributed by atoms with E-state index in [1.54, 1.807) is 17.0 Å². The van der Waals surface area contributed by atoms with Crippen LogP contribution in [0.2, 0.25) is 0 Å². The lowest BCUT2D eigenvalue weighted by Crippen LogP contribution is -2.37. The van der Waals surface area contributed by atoms with Gasteiger partial charge in [-0.25, -0.2) is 0 Å². The predicted octanol–water partition coefficient (Wildman–Crippen LogP) is 3.02. The Balaban J connectivity index is 1.63. The van der Waals surface area contributed by atoms with Crippen molar-refractivity contribution in [2.75, 3.05) is 47.5 Å². The van der Waals surface area contributed by atoms with Crippen molar-refractivity contribution in [3.63, 3.8) is 0 Å². The van der Waals surface area contributed by atoms with Crippen LogP contribution in [0.5, 0.6) is 17.2 Å². The molecule has 0 aromatic heterocycles. The maximum absolute atomic E-state index is 13.1. The van der Waals surface area contributed by atoms with E-state index in [9.17, 15) is 9.59 Å². The molecule has 7 heteroatoms. The Bertz CT molecular complexity index is 875. The average molecular weight is 427 g/mol. The number of rotatable bonds is 7. The molecule has 0 aliphatic carbocycles. The third-order valence-corrected chi connectivity index (χ3v) is 5.52. The second-order valence-electron chi connectivity index (χ2n) is 7.43. The molecule has 2 amide bonds. The first-order valence-electron chi connectivity index (χ1n) is 10.5. The van der Waals surface area contributed by atoms with Crippen LogP contribution in [0.3, 0.4) is 0 Å². The first kappa shape index (κ1) is 22.5. The molecule has 31 heavy (non-hydrogen) atoms. The molecule has 1 aliphatic rings. The fraction of sp³-hybridized carbons (Fsp3) is 0.417. The van der Waals surface area contributed by atoms with E-state index >= 15 is 0 Å². The second-order valence-corrected chi connectivity index (χ2v) is 7.43. The molecule has 0 radical (unpaired) electrons. The average Bonchev–Trinajstić information content (AvgIpc) is 3.08. The molecule has 1 aliphatic heterocycles. The zero-order valence-corrected chi connectivity index (χ0v) is 18.4. The van der Waals surface area contributed by atoms with E-state index in [0.717, 1.165) is 18.4 Å². The Morgan fingerprint density at radius 2 is 1.45 bits per heavy atom. The minimum absolute atomic E-state index is 0.113. The number of nitrogens with zero attached hydrogens (tertiary/aromatic N) is 2. The number of carbonyl (C=O) groups excluding carboxylic acids is 2. The highest BCUT2D eigenvalue weighted by Crippen LogP contribution is 2.38. The van der Waals surface area contributed by atoms with Gasteiger partial charge >= 0.3 is 0 Å². The zero-order chi connectivity index (χ0) is 22.2. The first-order valence-corrected chi connectivity index (χ1v) is 10.5. The molecule has 2 aromatic carbocycles. The maximum atomic E-state index is 13.1. The highest BCUT2D eigenvalue weighted by molar-refractivity contribution is 5.95. The lowest BCUT2D eigenvalue weighted by atomic mass is 10.1. The topological polar surface area (TPSA) is 68.3 Å². The predicted molar refractivity (Wildman–Crippen MR) is 118 cm³/mol. The van der Waals surface area contributed by atoms with Crippen LogP contribution in [0.25, 0.3) is 0 Å². The Hall–Kier alpha value is -3.22. The number of carbonyl (C=O) groups is 2. The van der Waals surface area contributed by atoms with Gasteiger partial charge in [0.2, 0.25) is 11.7 Å². The van der Waals surface area contributed by atoms with Crippen LogP contribution < -0.4 is 14.2 Å². The van der Waals surface area contributed by atoms with Crippen molar-refractivity contribution in [3.05, 3.63) is 53.6 Å². The van der Waals surface area contributed by atoms with Gasteiger partial charge in [-0.05, 0) is 30.5 Å². The summed E-state index contributed by atoms with van der Waals surface area (Å²) in [5.74, 6) is 1.35. The molecule has 7 nitrogen and oxygen atoms in total. The van der Waals surface area contributed by atoms with Gasteiger partial charge < -0.3 is 24.0 Å². The highest BCUT2D eigenvalue weighted by atomic mass is 16.5. The van der Waals surface area contributed by atoms with Crippen molar-refractivity contribution in [2.45, 2.75) is 19.3 Å². The SMILES string of the molecule is COc1cc(C(=O)N2CCCN(C(=O)CCc3ccccc3)CC2)cc(OC)c1OC. The van der Waals surface area contributed by atoms with Crippen molar-refractivity contribution < 1.29 is 23.8 Å². The molecule has 1 saturated heterocycles. The Labute approximate surface area is 183 Å². The highest BCUT2D eigenvalue weighted by Gasteiger charge is 2.25. The molecule has 1 fully saturated rings. The molecule has 166 valence electrons. The smallest absolute Gasteiger partial charge is 0.254 e. The van der Waals surface area contributed by atoms with E-state index in [1.807, 2.05) is 35.2 Å². The summed E-state index contributed by atoms with van der Waals surface area (Å²) in [6.07, 6.45) is 1.95. The van der Waals surface area contributed by atoms with Crippen LogP contribution in [-0.2, 0) is 11.2 Å². The van der Waals surface area contributed by atoms with Crippen LogP contribution >= 0.6 is 0 Å². The molecule has 0 spiro atoms. The number of aryl methyl sites for hydroxylation is 1. The number of benzene rings is 2. The fourth-order valence-corrected chi connectivity index (χ4v) is 3.81. The van der Waals surface area contributed by atoms with Gasteiger partial charge in [0, 0.05) is 38.2 Å². The minimum atomic E-state index is -0.113. The van der Waals surface area contributed by atoms with Gasteiger partial charge in [0.05, 0.1) is 21.3 Å². The van der Waals surface area contributed by atoms with Gasteiger partial charge in [0.15, 0.2) is 11.5 Å². The van der Waals surface area contributed by atoms with Crippen molar-refractivity contribution in [1.29, 1.82) is 0 Å². The van der Waals surface area contributed by atoms with Crippen LogP contribution in [-0.4, -0.2) is 69.1 Å². The van der Waals surface area contributed by atoms with Gasteiger partial charge in [-0.1, -0.05) is 30.3 Å². The summed E-state index contributed by atoms with van der Waals surface area (Å²) in [6.45, 7) is 2.28. The zero-order valence-electron chi connectivity index (χ0n) is 18.4. The summed E-state index contributed by atoms with van der Waals surface area (Å²) in [5, 5.41) is 0. The molecule has 1 heterocycles. The van der Waals surface area contributed by atoms with E-state index in [0.29, 0.717) is 55.4 Å². The van der Waals surface area contributed by atoms with Crippen molar-refractivity contribution in [1.82, 2.24) is 9.80 Å². The van der Waals surface area contributed by atoms with E-state index in [-0.39, 0.29) is 11.8 Å². The molecule has 0 bridgehead atoms. The van der Waals surface area contributed by atoms with Crippen LogP contribution in [0.15, 0.2) is 42.5 Å². The van der Waals surface area contributed by atoms with Gasteiger partial charge in [-0.3, -0.25) is 9.59 Å². The standard InChI is InChI=1S/C24H30N2O5/c1-29-20-16-19(17-21(30-2)23(20)31-3)24(28)26-13-7-12-25(14-15-26)22(27)11-10-18-8-5-4-6-9-18/h4-6,8-9,16-17H,7,10-15H2,1-3H3. The quantitative estimate of drug-likeness (QED) is 0.681. The van der Waals surface area contributed by atoms with Crippen LogP contribution in [0.1, 0.15) is 28.8 Å². The third kappa shape index (κ3) is 5.48. The molecule has 0 N–H and O–H groups in total. The summed E-state index contributed by atoms with van der Waals surface area (Å²) >= 11 is 0. The van der Waals surface area contributed by atoms with Crippen LogP contribution in [0, 0.1) is 0 Å². The lowest BCUT2D eigenvalue weighted by Gasteiger charge is -2.23. The number of amides is 2. The van der Waals surface area contributed by atoms with Gasteiger partial charge in [0.25, 0.3) is 5.91 Å². The lowest BCUT2D eigenvalue weighted by molar-refractivity contribution is -0.131. The molecule has 0 unspecified atom stereocenters. The monoisotopic (exact) mass is 426 g/mol. The van der Waals surface area contributed by atoms with Gasteiger partial charge in [-0.15, -0.1) is 0 Å². The normalized spacial score (nSPS) is 14.0. The fourth-order valence-electron chi connectivity index (χ4n) is 3.81. The van der Waals surface area contributed by atoms with E-state index in [1.165, 1.54) is 21.3 Å². The number of hydrogen-bond acceptors (Lipinski definition) is 5. The Morgan fingerprint density at radius 3 is 2.06 bits per heavy atom. The summed E-state index contributed by atoms with van der Waals surface area (Å²) in [6, 6.07) is 13.3. The van der Waals surface area contributed by atoms with Crippen molar-refractivity contribution in [3.8, 4) is 17.2 Å². The maximum Gasteiger partial charge on any atom is 0.254 e. The minimum Gasteiger partial charge on any atom is -0.493 e. The van der Waals surface area contributed by atoms with Crippen molar-refractivity contribution in [2.24, 2.45) is 0 Å². The summed E-state index contributed by atoms with van der Waals surface area (Å²) in [5.41, 5.74) is 1.63. The van der Waals surface area contributed by atoms with Gasteiger partial charge in [-0.2, -0.15) is 0 Å². The number of methoxy groups -OCH3 is 3. The Morgan fingerprint density at radius 1 is 0.839 bits per heavy atom. The molecule has 0 saturated carbocycles. The summed E-state index contributed by atoms with van der Waals surface area (Å²) in [4.78, 5) is 29.5. The summed E-state index contributed by atoms with van der Waals surface area (Å²) < 4.78 is 16.1. The van der Waals surface area contributed by atoms with E-state index in [4.69, 9.17) is 14.2 Å². The molecule has 0 atom stereocenters. The molecule has 3 rings (SSSR count). The number of hydrogen-bond donors (Lipinski definition) is 0. The van der Waals surface area contributed by atoms with Crippen LogP contribution in [0.4, 0.5) is 0 Å². The van der Waals surface area contributed by atoms with E-state index in [2.05, 4.69) is 0 Å². The largest absolute Gasteiger partial charge is 0.493 e. The second kappa shape index (κ2) is 10.7. The summed E-state index contributed by atoms with van der Waals surface area (Å²) in [7, 11) is 4.58. The van der Waals surface area contributed by atoms with Crippen molar-refractivity contribution >= 4 is 11.8 Å². The van der Waals surface area contributed by atoms with E-state index < -0.39 is 0 Å². The molecular formula is C24H30N2O5.